The number of nitrogens with zero attached hydrogens (tertiary/aromatic N) is 3. The first-order valence-electron chi connectivity index (χ1n) is 7.14. The third-order valence-corrected chi connectivity index (χ3v) is 3.67. The fraction of sp³-hybridized carbons (Fsp3) is 0.118. The van der Waals surface area contributed by atoms with Gasteiger partial charge in [0.05, 0.1) is 23.0 Å². The maximum absolute atomic E-state index is 4.60. The van der Waals surface area contributed by atoms with E-state index in [1.54, 1.807) is 6.33 Å². The molecule has 0 amide bonds. The van der Waals surface area contributed by atoms with Gasteiger partial charge in [-0.3, -0.25) is 0 Å². The molecule has 0 unspecified atom stereocenters. The van der Waals surface area contributed by atoms with E-state index in [-0.39, 0.29) is 0 Å². The van der Waals surface area contributed by atoms with E-state index in [1.165, 1.54) is 5.56 Å². The van der Waals surface area contributed by atoms with Gasteiger partial charge < -0.3 is 10.3 Å². The molecular formula is C17H15N5. The number of H-pyrrole nitrogens is 1. The van der Waals surface area contributed by atoms with Gasteiger partial charge in [0.1, 0.15) is 11.3 Å². The van der Waals surface area contributed by atoms with Crippen LogP contribution in [-0.2, 0) is 0 Å². The monoisotopic (exact) mass is 289 g/mol. The molecule has 0 saturated carbocycles. The van der Waals surface area contributed by atoms with Gasteiger partial charge in [-0.25, -0.2) is 15.0 Å². The summed E-state index contributed by atoms with van der Waals surface area (Å²) >= 11 is 0. The minimum absolute atomic E-state index is 0.745. The highest BCUT2D eigenvalue weighted by Gasteiger charge is 2.12. The van der Waals surface area contributed by atoms with Crippen molar-refractivity contribution in [3.05, 3.63) is 54.2 Å². The highest BCUT2D eigenvalue weighted by Crippen LogP contribution is 2.32. The molecule has 0 atom stereocenters. The molecule has 2 heterocycles. The van der Waals surface area contributed by atoms with E-state index in [0.717, 1.165) is 39.1 Å². The number of aryl methyl sites for hydroxylation is 2. The van der Waals surface area contributed by atoms with Crippen molar-refractivity contribution >= 4 is 33.3 Å². The summed E-state index contributed by atoms with van der Waals surface area (Å²) < 4.78 is 0. The zero-order valence-corrected chi connectivity index (χ0v) is 12.4. The highest BCUT2D eigenvalue weighted by molar-refractivity contribution is 6.07. The molecule has 5 heteroatoms. The molecule has 22 heavy (non-hydrogen) atoms. The van der Waals surface area contributed by atoms with E-state index in [9.17, 15) is 0 Å². The van der Waals surface area contributed by atoms with Crippen molar-refractivity contribution in [1.29, 1.82) is 0 Å². The molecule has 0 bridgehead atoms. The van der Waals surface area contributed by atoms with Crippen LogP contribution in [0.3, 0.4) is 0 Å². The standard InChI is InChI=1S/C17H15N5/c1-10-4-3-5-13(6-10)22-17-15-12(8-18-11(2)21-15)7-14-16(17)20-9-19-14/h3-9,22H,1-2H3,(H,19,20). The highest BCUT2D eigenvalue weighted by atomic mass is 15.0. The summed E-state index contributed by atoms with van der Waals surface area (Å²) in [7, 11) is 0. The Morgan fingerprint density at radius 1 is 1.05 bits per heavy atom. The van der Waals surface area contributed by atoms with E-state index in [2.05, 4.69) is 44.3 Å². The summed E-state index contributed by atoms with van der Waals surface area (Å²) in [5, 5.41) is 4.46. The van der Waals surface area contributed by atoms with Crippen LogP contribution in [0.25, 0.3) is 21.9 Å². The lowest BCUT2D eigenvalue weighted by atomic mass is 10.1. The summed E-state index contributed by atoms with van der Waals surface area (Å²) in [5.41, 5.74) is 5.86. The van der Waals surface area contributed by atoms with Gasteiger partial charge in [-0.15, -0.1) is 0 Å². The smallest absolute Gasteiger partial charge is 0.125 e. The number of nitrogens with one attached hydrogen (secondary N) is 2. The van der Waals surface area contributed by atoms with Crippen LogP contribution in [0.2, 0.25) is 0 Å². The lowest BCUT2D eigenvalue weighted by Crippen LogP contribution is -1.97. The average Bonchev–Trinajstić information content (AvgIpc) is 2.96. The number of rotatable bonds is 2. The fourth-order valence-electron chi connectivity index (χ4n) is 2.65. The Hall–Kier alpha value is -2.95. The molecule has 108 valence electrons. The van der Waals surface area contributed by atoms with Crippen LogP contribution < -0.4 is 5.32 Å². The van der Waals surface area contributed by atoms with Crippen molar-refractivity contribution in [1.82, 2.24) is 19.9 Å². The normalized spacial score (nSPS) is 11.2. The number of anilines is 2. The maximum Gasteiger partial charge on any atom is 0.125 e. The van der Waals surface area contributed by atoms with Gasteiger partial charge >= 0.3 is 0 Å². The molecule has 0 aliphatic heterocycles. The molecule has 0 saturated heterocycles. The first kappa shape index (κ1) is 12.8. The molecule has 2 N–H and O–H groups in total. The lowest BCUT2D eigenvalue weighted by molar-refractivity contribution is 1.09. The number of aromatic amines is 1. The third kappa shape index (κ3) is 2.07. The third-order valence-electron chi connectivity index (χ3n) is 3.67. The van der Waals surface area contributed by atoms with Crippen LogP contribution >= 0.6 is 0 Å². The molecule has 4 rings (SSSR count). The van der Waals surface area contributed by atoms with E-state index < -0.39 is 0 Å². The Balaban J connectivity index is 1.99. The van der Waals surface area contributed by atoms with Crippen LogP contribution in [0, 0.1) is 13.8 Å². The number of benzene rings is 2. The number of hydrogen-bond donors (Lipinski definition) is 2. The SMILES string of the molecule is Cc1cccc(Nc2c3nc(C)ncc3cc3[nH]cnc23)c1. The van der Waals surface area contributed by atoms with Crippen molar-refractivity contribution in [2.75, 3.05) is 5.32 Å². The van der Waals surface area contributed by atoms with Gasteiger partial charge in [0.25, 0.3) is 0 Å². The van der Waals surface area contributed by atoms with Crippen LogP contribution in [0.5, 0.6) is 0 Å². The molecule has 5 nitrogen and oxygen atoms in total. The molecule has 2 aromatic carbocycles. The van der Waals surface area contributed by atoms with Gasteiger partial charge in [-0.2, -0.15) is 0 Å². The molecule has 2 aromatic heterocycles. The van der Waals surface area contributed by atoms with E-state index in [0.29, 0.717) is 0 Å². The molecule has 0 fully saturated rings. The summed E-state index contributed by atoms with van der Waals surface area (Å²) in [5.74, 6) is 0.745. The number of aromatic nitrogens is 4. The van der Waals surface area contributed by atoms with Crippen LogP contribution in [-0.4, -0.2) is 19.9 Å². The number of imidazole rings is 1. The number of hydrogen-bond acceptors (Lipinski definition) is 4. The van der Waals surface area contributed by atoms with E-state index in [4.69, 9.17) is 0 Å². The predicted molar refractivity (Wildman–Crippen MR) is 88.4 cm³/mol. The minimum Gasteiger partial charge on any atom is -0.352 e. The van der Waals surface area contributed by atoms with Gasteiger partial charge in [0.15, 0.2) is 0 Å². The molecule has 0 spiro atoms. The topological polar surface area (TPSA) is 66.5 Å². The molecule has 0 aliphatic rings. The molecule has 4 aromatic rings. The van der Waals surface area contributed by atoms with E-state index in [1.807, 2.05) is 31.3 Å². The summed E-state index contributed by atoms with van der Waals surface area (Å²) in [6.07, 6.45) is 3.55. The second kappa shape index (κ2) is 4.80. The Labute approximate surface area is 127 Å². The Morgan fingerprint density at radius 2 is 1.95 bits per heavy atom. The van der Waals surface area contributed by atoms with Gasteiger partial charge in [0, 0.05) is 17.3 Å². The minimum atomic E-state index is 0.745. The largest absolute Gasteiger partial charge is 0.352 e. The molecule has 0 aliphatic carbocycles. The molecular weight excluding hydrogens is 274 g/mol. The van der Waals surface area contributed by atoms with Crippen molar-refractivity contribution in [3.63, 3.8) is 0 Å². The van der Waals surface area contributed by atoms with E-state index >= 15 is 0 Å². The summed E-state index contributed by atoms with van der Waals surface area (Å²) in [6.45, 7) is 3.97. The summed E-state index contributed by atoms with van der Waals surface area (Å²) in [4.78, 5) is 16.5. The van der Waals surface area contributed by atoms with Gasteiger partial charge in [-0.1, -0.05) is 12.1 Å². The first-order chi connectivity index (χ1) is 10.7. The van der Waals surface area contributed by atoms with Crippen LogP contribution in [0.15, 0.2) is 42.9 Å². The maximum atomic E-state index is 4.60. The lowest BCUT2D eigenvalue weighted by Gasteiger charge is -2.11. The van der Waals surface area contributed by atoms with Crippen molar-refractivity contribution < 1.29 is 0 Å². The molecule has 0 radical (unpaired) electrons. The Kier molecular flexibility index (Phi) is 2.79. The van der Waals surface area contributed by atoms with Crippen LogP contribution in [0.1, 0.15) is 11.4 Å². The van der Waals surface area contributed by atoms with Crippen LogP contribution in [0.4, 0.5) is 11.4 Å². The zero-order valence-electron chi connectivity index (χ0n) is 12.4. The average molecular weight is 289 g/mol. The second-order valence-corrected chi connectivity index (χ2v) is 5.40. The quantitative estimate of drug-likeness (QED) is 0.588. The Morgan fingerprint density at radius 3 is 2.82 bits per heavy atom. The summed E-state index contributed by atoms with van der Waals surface area (Å²) in [6, 6.07) is 10.3. The number of fused-ring (bicyclic) bond motifs is 2. The Bertz CT molecular complexity index is 987. The van der Waals surface area contributed by atoms with Gasteiger partial charge in [0.2, 0.25) is 0 Å². The first-order valence-corrected chi connectivity index (χ1v) is 7.14. The van der Waals surface area contributed by atoms with Gasteiger partial charge in [-0.05, 0) is 37.6 Å². The van der Waals surface area contributed by atoms with Crippen molar-refractivity contribution in [2.24, 2.45) is 0 Å². The second-order valence-electron chi connectivity index (χ2n) is 5.40. The zero-order chi connectivity index (χ0) is 15.1. The van der Waals surface area contributed by atoms with Crippen molar-refractivity contribution in [2.45, 2.75) is 13.8 Å². The fourth-order valence-corrected chi connectivity index (χ4v) is 2.65. The predicted octanol–water partition coefficient (Wildman–Crippen LogP) is 3.87. The van der Waals surface area contributed by atoms with Crippen molar-refractivity contribution in [3.8, 4) is 0 Å².